The predicted octanol–water partition coefficient (Wildman–Crippen LogP) is 20.0. The van der Waals surface area contributed by atoms with Crippen LogP contribution < -0.4 is 9.80 Å². The van der Waals surface area contributed by atoms with Crippen molar-refractivity contribution in [2.24, 2.45) is 0 Å². The minimum atomic E-state index is 0.278. The van der Waals surface area contributed by atoms with Gasteiger partial charge in [0.15, 0.2) is 0 Å². The van der Waals surface area contributed by atoms with E-state index in [0.717, 1.165) is 11.4 Å². The number of rotatable bonds is 12. The molecular weight excluding hydrogens is 821 g/mol. The van der Waals surface area contributed by atoms with Crippen LogP contribution in [0.5, 0.6) is 0 Å². The molecule has 0 amide bonds. The fourth-order valence-corrected chi connectivity index (χ4v) is 10.8. The fourth-order valence-electron chi connectivity index (χ4n) is 10.8. The number of nitrogens with zero attached hydrogens (tertiary/aromatic N) is 2. The minimum absolute atomic E-state index is 0.278. The number of hydrogen-bond acceptors (Lipinski definition) is 2. The van der Waals surface area contributed by atoms with Gasteiger partial charge in [-0.1, -0.05) is 189 Å². The first-order chi connectivity index (χ1) is 32.9. The third-order valence-corrected chi connectivity index (χ3v) is 14.2. The number of hydrogen-bond donors (Lipinski definition) is 0. The molecule has 0 heterocycles. The standard InChI is InChI=1S/C66H64N2/c1-41(2)53-29-27-49(47-21-13-11-14-22-47)37-61(53)67(51-25-17-19-45(9)35-51)63-39-59(43(5)6)55-32-34-58-64(40-60(44(7)8)56-31-33-57(63)65(55)66(56)58)68(52-26-18-20-46(10)36-52)62-38-50(28-30-54(62)42(3)4)48-23-15-12-16-24-48/h11-44H,1-10H3. The van der Waals surface area contributed by atoms with Crippen LogP contribution in [0.4, 0.5) is 34.1 Å². The number of anilines is 6. The molecule has 0 unspecified atom stereocenters. The Labute approximate surface area is 404 Å². The molecule has 0 aromatic heterocycles. The van der Waals surface area contributed by atoms with Gasteiger partial charge in [-0.2, -0.15) is 0 Å². The molecule has 10 aromatic rings. The third-order valence-electron chi connectivity index (χ3n) is 14.2. The molecule has 2 nitrogen and oxygen atoms in total. The van der Waals surface area contributed by atoms with E-state index in [4.69, 9.17) is 0 Å². The first kappa shape index (κ1) is 44.7. The highest BCUT2D eigenvalue weighted by Crippen LogP contribution is 2.53. The quantitative estimate of drug-likeness (QED) is 0.113. The smallest absolute Gasteiger partial charge is 0.0543 e. The van der Waals surface area contributed by atoms with E-state index in [1.54, 1.807) is 0 Å². The van der Waals surface area contributed by atoms with Crippen LogP contribution in [0.25, 0.3) is 54.6 Å². The van der Waals surface area contributed by atoms with Crippen molar-refractivity contribution in [2.75, 3.05) is 9.80 Å². The van der Waals surface area contributed by atoms with Gasteiger partial charge in [0.05, 0.1) is 22.7 Å². The average Bonchev–Trinajstić information content (AvgIpc) is 3.34. The van der Waals surface area contributed by atoms with Gasteiger partial charge in [0, 0.05) is 22.1 Å². The van der Waals surface area contributed by atoms with Crippen molar-refractivity contribution in [1.82, 2.24) is 0 Å². The van der Waals surface area contributed by atoms with Gasteiger partial charge >= 0.3 is 0 Å². The second kappa shape index (κ2) is 18.1. The Morgan fingerprint density at radius 1 is 0.279 bits per heavy atom. The SMILES string of the molecule is Cc1cccc(N(c2cc(-c3ccccc3)ccc2C(C)C)c2cc(C(C)C)c3ccc4c(N(c5cccc(C)c5)c5cc(-c6ccccc6)ccc5C(C)C)cc(C(C)C)c5ccc2c3c54)c1. The molecule has 10 aromatic carbocycles. The Bertz CT molecular complexity index is 3200. The lowest BCUT2D eigenvalue weighted by Gasteiger charge is -2.34. The van der Waals surface area contributed by atoms with Crippen molar-refractivity contribution < 1.29 is 0 Å². The average molecular weight is 885 g/mol. The van der Waals surface area contributed by atoms with Gasteiger partial charge in [-0.15, -0.1) is 0 Å². The summed E-state index contributed by atoms with van der Waals surface area (Å²) in [5.74, 6) is 1.15. The fraction of sp³-hybridized carbons (Fsp3) is 0.212. The molecule has 0 radical (unpaired) electrons. The number of benzene rings is 10. The van der Waals surface area contributed by atoms with E-state index in [1.165, 1.54) is 111 Å². The molecule has 0 aliphatic heterocycles. The Balaban J connectivity index is 1.34. The van der Waals surface area contributed by atoms with Crippen molar-refractivity contribution in [3.63, 3.8) is 0 Å². The molecule has 68 heavy (non-hydrogen) atoms. The van der Waals surface area contributed by atoms with Crippen molar-refractivity contribution in [3.8, 4) is 22.3 Å². The third kappa shape index (κ3) is 8.00. The molecular formula is C66H64N2. The van der Waals surface area contributed by atoms with Crippen LogP contribution in [0.1, 0.15) is 112 Å². The van der Waals surface area contributed by atoms with Crippen molar-refractivity contribution in [1.29, 1.82) is 0 Å². The first-order valence-corrected chi connectivity index (χ1v) is 24.8. The lowest BCUT2D eigenvalue weighted by molar-refractivity contribution is 0.863. The van der Waals surface area contributed by atoms with Crippen LogP contribution in [0.15, 0.2) is 182 Å². The van der Waals surface area contributed by atoms with Crippen LogP contribution >= 0.6 is 0 Å². The zero-order valence-electron chi connectivity index (χ0n) is 41.5. The van der Waals surface area contributed by atoms with Crippen molar-refractivity contribution in [2.45, 2.75) is 92.9 Å². The summed E-state index contributed by atoms with van der Waals surface area (Å²) in [6, 6.07) is 68.8. The van der Waals surface area contributed by atoms with Crippen molar-refractivity contribution in [3.05, 3.63) is 215 Å². The van der Waals surface area contributed by atoms with Gasteiger partial charge in [-0.3, -0.25) is 0 Å². The van der Waals surface area contributed by atoms with E-state index in [2.05, 4.69) is 261 Å². The molecule has 0 fully saturated rings. The van der Waals surface area contributed by atoms with Gasteiger partial charge in [-0.05, 0) is 163 Å². The molecule has 0 spiro atoms. The second-order valence-corrected chi connectivity index (χ2v) is 20.3. The molecule has 0 aliphatic rings. The van der Waals surface area contributed by atoms with Gasteiger partial charge in [0.2, 0.25) is 0 Å². The monoisotopic (exact) mass is 885 g/mol. The van der Waals surface area contributed by atoms with Crippen molar-refractivity contribution >= 4 is 66.4 Å². The molecule has 10 rings (SSSR count). The summed E-state index contributed by atoms with van der Waals surface area (Å²) in [4.78, 5) is 5.17. The summed E-state index contributed by atoms with van der Waals surface area (Å²) >= 11 is 0. The van der Waals surface area contributed by atoms with Gasteiger partial charge < -0.3 is 9.80 Å². The van der Waals surface area contributed by atoms with E-state index in [0.29, 0.717) is 11.8 Å². The summed E-state index contributed by atoms with van der Waals surface area (Å²) in [7, 11) is 0. The largest absolute Gasteiger partial charge is 0.310 e. The summed E-state index contributed by atoms with van der Waals surface area (Å²) in [5, 5.41) is 7.83. The molecule has 0 atom stereocenters. The molecule has 0 saturated carbocycles. The Morgan fingerprint density at radius 2 is 0.647 bits per heavy atom. The highest BCUT2D eigenvalue weighted by Gasteiger charge is 2.28. The molecule has 0 N–H and O–H groups in total. The highest BCUT2D eigenvalue weighted by atomic mass is 15.2. The zero-order chi connectivity index (χ0) is 47.4. The van der Waals surface area contributed by atoms with Crippen LogP contribution in [0.2, 0.25) is 0 Å². The topological polar surface area (TPSA) is 6.48 Å². The molecule has 0 aliphatic carbocycles. The normalized spacial score (nSPS) is 11.9. The first-order valence-electron chi connectivity index (χ1n) is 24.8. The molecule has 338 valence electrons. The van der Waals surface area contributed by atoms with Gasteiger partial charge in [0.1, 0.15) is 0 Å². The van der Waals surface area contributed by atoms with E-state index < -0.39 is 0 Å². The van der Waals surface area contributed by atoms with E-state index >= 15 is 0 Å². The zero-order valence-corrected chi connectivity index (χ0v) is 41.5. The summed E-state index contributed by atoms with van der Waals surface area (Å²) in [6.45, 7) is 23.2. The lowest BCUT2D eigenvalue weighted by atomic mass is 9.83. The van der Waals surface area contributed by atoms with Gasteiger partial charge in [0.25, 0.3) is 0 Å². The van der Waals surface area contributed by atoms with E-state index in [1.807, 2.05) is 0 Å². The van der Waals surface area contributed by atoms with Gasteiger partial charge in [-0.25, -0.2) is 0 Å². The Kier molecular flexibility index (Phi) is 11.9. The van der Waals surface area contributed by atoms with E-state index in [-0.39, 0.29) is 11.8 Å². The van der Waals surface area contributed by atoms with Crippen LogP contribution in [-0.4, -0.2) is 0 Å². The summed E-state index contributed by atoms with van der Waals surface area (Å²) < 4.78 is 0. The second-order valence-electron chi connectivity index (χ2n) is 20.3. The minimum Gasteiger partial charge on any atom is -0.310 e. The lowest BCUT2D eigenvalue weighted by Crippen LogP contribution is -2.15. The maximum absolute atomic E-state index is 2.58. The molecule has 2 heteroatoms. The summed E-state index contributed by atoms with van der Waals surface area (Å²) in [6.07, 6.45) is 0. The Hall–Kier alpha value is -7.16. The predicted molar refractivity (Wildman–Crippen MR) is 296 cm³/mol. The van der Waals surface area contributed by atoms with Crippen LogP contribution in [0.3, 0.4) is 0 Å². The molecule has 0 bridgehead atoms. The van der Waals surface area contributed by atoms with Crippen LogP contribution in [-0.2, 0) is 0 Å². The summed E-state index contributed by atoms with van der Waals surface area (Å²) in [5.41, 5.74) is 19.8. The van der Waals surface area contributed by atoms with Crippen LogP contribution in [0, 0.1) is 13.8 Å². The Morgan fingerprint density at radius 3 is 1.00 bits per heavy atom. The maximum atomic E-state index is 2.58. The number of aryl methyl sites for hydroxylation is 2. The maximum Gasteiger partial charge on any atom is 0.0543 e. The molecule has 0 saturated heterocycles. The highest BCUT2D eigenvalue weighted by molar-refractivity contribution is 6.29. The van der Waals surface area contributed by atoms with E-state index in [9.17, 15) is 0 Å².